The monoisotopic (exact) mass is 559 g/mol. The van der Waals surface area contributed by atoms with Crippen molar-refractivity contribution in [2.45, 2.75) is 58.5 Å². The molecule has 2 saturated heterocycles. The Morgan fingerprint density at radius 1 is 0.750 bits per heavy atom. The number of likely N-dealkylation sites (tertiary alicyclic amines) is 2. The summed E-state index contributed by atoms with van der Waals surface area (Å²) in [5.41, 5.74) is 4.10. The highest BCUT2D eigenvalue weighted by atomic mass is 32.1. The van der Waals surface area contributed by atoms with Crippen LogP contribution >= 0.6 is 11.3 Å². The first kappa shape index (κ1) is 27.5. The van der Waals surface area contributed by atoms with E-state index in [-0.39, 0.29) is 23.6 Å². The second kappa shape index (κ2) is 11.6. The minimum absolute atomic E-state index is 0.0788. The zero-order chi connectivity index (χ0) is 28.4. The van der Waals surface area contributed by atoms with Gasteiger partial charge in [-0.1, -0.05) is 24.3 Å². The van der Waals surface area contributed by atoms with Crippen molar-refractivity contribution >= 4 is 46.3 Å². The van der Waals surface area contributed by atoms with E-state index < -0.39 is 12.1 Å². The van der Waals surface area contributed by atoms with Gasteiger partial charge in [-0.25, -0.2) is 4.98 Å². The molecule has 1 unspecified atom stereocenters. The van der Waals surface area contributed by atoms with E-state index in [1.54, 1.807) is 21.1 Å². The predicted molar refractivity (Wildman–Crippen MR) is 156 cm³/mol. The van der Waals surface area contributed by atoms with Crippen LogP contribution in [0.3, 0.4) is 0 Å². The van der Waals surface area contributed by atoms with E-state index in [9.17, 15) is 19.2 Å². The topological polar surface area (TPSA) is 112 Å². The first-order valence-corrected chi connectivity index (χ1v) is 14.4. The van der Waals surface area contributed by atoms with Crippen LogP contribution < -0.4 is 10.6 Å². The molecule has 0 saturated carbocycles. The average molecular weight is 560 g/mol. The Bertz CT molecular complexity index is 1330. The van der Waals surface area contributed by atoms with Crippen molar-refractivity contribution < 1.29 is 19.2 Å². The number of nitrogens with one attached hydrogen (secondary N) is 2. The first-order chi connectivity index (χ1) is 19.2. The van der Waals surface area contributed by atoms with Gasteiger partial charge < -0.3 is 20.4 Å². The van der Waals surface area contributed by atoms with Gasteiger partial charge in [-0.05, 0) is 62.4 Å². The number of amides is 4. The lowest BCUT2D eigenvalue weighted by Gasteiger charge is -2.22. The molecular formula is C30H33N5O4S. The second-order valence-corrected chi connectivity index (χ2v) is 11.5. The minimum atomic E-state index is -0.427. The zero-order valence-corrected chi connectivity index (χ0v) is 23.7. The highest BCUT2D eigenvalue weighted by molar-refractivity contribution is 7.15. The fourth-order valence-electron chi connectivity index (χ4n) is 5.52. The number of thiazole rings is 1. The van der Waals surface area contributed by atoms with Gasteiger partial charge in [0, 0.05) is 43.9 Å². The summed E-state index contributed by atoms with van der Waals surface area (Å²) >= 11 is 1.59. The van der Waals surface area contributed by atoms with Crippen LogP contribution in [0.1, 0.15) is 44.5 Å². The minimum Gasteiger partial charge on any atom is -0.331 e. The van der Waals surface area contributed by atoms with E-state index in [2.05, 4.69) is 10.6 Å². The summed E-state index contributed by atoms with van der Waals surface area (Å²) in [6.45, 7) is 6.19. The third kappa shape index (κ3) is 5.77. The molecule has 5 rings (SSSR count). The highest BCUT2D eigenvalue weighted by Gasteiger charge is 2.33. The third-order valence-electron chi connectivity index (χ3n) is 7.49. The maximum atomic E-state index is 12.8. The van der Waals surface area contributed by atoms with Gasteiger partial charge in [0.2, 0.25) is 23.6 Å². The molecule has 1 aromatic heterocycles. The number of carbonyl (C=O) groups is 4. The largest absolute Gasteiger partial charge is 0.331 e. The molecular weight excluding hydrogens is 526 g/mol. The van der Waals surface area contributed by atoms with Gasteiger partial charge in [0.15, 0.2) is 0 Å². The van der Waals surface area contributed by atoms with Crippen LogP contribution in [0.15, 0.2) is 48.5 Å². The number of aryl methyl sites for hydroxylation is 1. The van der Waals surface area contributed by atoms with Crippen molar-refractivity contribution in [3.8, 4) is 21.7 Å². The number of carbonyl (C=O) groups excluding carboxylic acids is 4. The van der Waals surface area contributed by atoms with Crippen molar-refractivity contribution in [3.05, 3.63) is 53.5 Å². The fourth-order valence-corrected chi connectivity index (χ4v) is 6.46. The summed E-state index contributed by atoms with van der Waals surface area (Å²) < 4.78 is 0. The lowest BCUT2D eigenvalue weighted by molar-refractivity contribution is -0.134. The third-order valence-corrected chi connectivity index (χ3v) is 8.51. The molecule has 2 fully saturated rings. The summed E-state index contributed by atoms with van der Waals surface area (Å²) in [6, 6.07) is 14.4. The molecule has 10 heteroatoms. The van der Waals surface area contributed by atoms with Gasteiger partial charge >= 0.3 is 0 Å². The Kier molecular flexibility index (Phi) is 7.97. The molecule has 2 atom stereocenters. The summed E-state index contributed by atoms with van der Waals surface area (Å²) in [5, 5.41) is 6.82. The van der Waals surface area contributed by atoms with Crippen LogP contribution in [0.4, 0.5) is 11.4 Å². The number of aromatic nitrogens is 1. The molecule has 0 bridgehead atoms. The molecule has 3 aromatic rings. The Labute approximate surface area is 237 Å². The van der Waals surface area contributed by atoms with E-state index in [1.807, 2.05) is 55.5 Å². The van der Waals surface area contributed by atoms with Crippen molar-refractivity contribution in [2.75, 3.05) is 23.7 Å². The normalized spacial score (nSPS) is 18.6. The lowest BCUT2D eigenvalue weighted by Crippen LogP contribution is -2.42. The van der Waals surface area contributed by atoms with E-state index in [1.165, 1.54) is 13.8 Å². The molecule has 0 aliphatic carbocycles. The van der Waals surface area contributed by atoms with Crippen LogP contribution in [0.25, 0.3) is 21.7 Å². The number of nitrogens with zero attached hydrogens (tertiary/aromatic N) is 3. The molecule has 2 aliphatic rings. The Morgan fingerprint density at radius 2 is 1.20 bits per heavy atom. The quantitative estimate of drug-likeness (QED) is 0.455. The van der Waals surface area contributed by atoms with Crippen LogP contribution in [-0.2, 0) is 19.2 Å². The Hall–Kier alpha value is -4.05. The van der Waals surface area contributed by atoms with E-state index in [0.29, 0.717) is 37.3 Å². The van der Waals surface area contributed by atoms with Gasteiger partial charge in [0.1, 0.15) is 12.1 Å². The zero-order valence-electron chi connectivity index (χ0n) is 22.9. The number of hydrogen-bond acceptors (Lipinski definition) is 6. The molecule has 2 aliphatic heterocycles. The van der Waals surface area contributed by atoms with Gasteiger partial charge in [-0.2, -0.15) is 0 Å². The van der Waals surface area contributed by atoms with Crippen molar-refractivity contribution in [3.63, 3.8) is 0 Å². The smallest absolute Gasteiger partial charge is 0.247 e. The standard InChI is InChI=1S/C30H33N5O4S/c1-18-31-27(21-8-12-23(13-9-21)32-29(38)25-6-4-16-34(25)19(2)36)28(40-18)22-10-14-24(15-11-22)33-30(39)26-7-5-17-35(26)20(3)37/h8-15,25-26H,4-7,16-17H2,1-3H3,(H,32,38)(H,33,39)/t25-,26?/m0/s1. The molecule has 0 spiro atoms. The van der Waals surface area contributed by atoms with E-state index in [4.69, 9.17) is 4.98 Å². The molecule has 2 N–H and O–H groups in total. The average Bonchev–Trinajstić information content (AvgIpc) is 3.69. The van der Waals surface area contributed by atoms with Crippen LogP contribution in [0, 0.1) is 6.92 Å². The number of anilines is 2. The molecule has 4 amide bonds. The Balaban J connectivity index is 1.28. The molecule has 2 aromatic carbocycles. The number of hydrogen-bond donors (Lipinski definition) is 2. The molecule has 3 heterocycles. The van der Waals surface area contributed by atoms with Crippen molar-refractivity contribution in [2.24, 2.45) is 0 Å². The van der Waals surface area contributed by atoms with Gasteiger partial charge in [0.25, 0.3) is 0 Å². The van der Waals surface area contributed by atoms with E-state index >= 15 is 0 Å². The van der Waals surface area contributed by atoms with Gasteiger partial charge in [-0.15, -0.1) is 11.3 Å². The van der Waals surface area contributed by atoms with Gasteiger partial charge in [-0.3, -0.25) is 19.2 Å². The van der Waals surface area contributed by atoms with Crippen molar-refractivity contribution in [1.82, 2.24) is 14.8 Å². The fraction of sp³-hybridized carbons (Fsp3) is 0.367. The van der Waals surface area contributed by atoms with Crippen LogP contribution in [-0.4, -0.2) is 63.6 Å². The molecule has 208 valence electrons. The second-order valence-electron chi connectivity index (χ2n) is 10.3. The van der Waals surface area contributed by atoms with Crippen LogP contribution in [0.5, 0.6) is 0 Å². The lowest BCUT2D eigenvalue weighted by atomic mass is 10.1. The summed E-state index contributed by atoms with van der Waals surface area (Å²) in [7, 11) is 0. The first-order valence-electron chi connectivity index (χ1n) is 13.6. The predicted octanol–water partition coefficient (Wildman–Crippen LogP) is 4.68. The molecule has 9 nitrogen and oxygen atoms in total. The highest BCUT2D eigenvalue weighted by Crippen LogP contribution is 2.37. The maximum Gasteiger partial charge on any atom is 0.247 e. The summed E-state index contributed by atoms with van der Waals surface area (Å²) in [4.78, 5) is 58.3. The summed E-state index contributed by atoms with van der Waals surface area (Å²) in [6.07, 6.45) is 3.00. The van der Waals surface area contributed by atoms with E-state index in [0.717, 1.165) is 39.5 Å². The SMILES string of the molecule is CC(=O)N1CCCC1C(=O)Nc1ccc(-c2sc(C)nc2-c2ccc(NC(=O)[C@@H]3CCCN3C(C)=O)cc2)cc1. The maximum absolute atomic E-state index is 12.8. The number of benzene rings is 2. The number of rotatable bonds is 6. The van der Waals surface area contributed by atoms with Crippen LogP contribution in [0.2, 0.25) is 0 Å². The van der Waals surface area contributed by atoms with Gasteiger partial charge in [0.05, 0.1) is 15.6 Å². The van der Waals surface area contributed by atoms with Crippen molar-refractivity contribution in [1.29, 1.82) is 0 Å². The summed E-state index contributed by atoms with van der Waals surface area (Å²) in [5.74, 6) is -0.489. The molecule has 40 heavy (non-hydrogen) atoms. The molecule has 0 radical (unpaired) electrons. The Morgan fingerprint density at radius 3 is 1.65 bits per heavy atom.